The van der Waals surface area contributed by atoms with Crippen molar-refractivity contribution >= 4 is 23.2 Å². The van der Waals surface area contributed by atoms with Crippen molar-refractivity contribution in [2.24, 2.45) is 0 Å². The molecule has 20 heavy (non-hydrogen) atoms. The van der Waals surface area contributed by atoms with Crippen LogP contribution < -0.4 is 0 Å². The Bertz CT molecular complexity index is 657. The zero-order chi connectivity index (χ0) is 14.7. The van der Waals surface area contributed by atoms with Gasteiger partial charge in [0.2, 0.25) is 5.16 Å². The molecule has 1 atom stereocenters. The molecule has 0 amide bonds. The molecule has 2 rings (SSSR count). The Morgan fingerprint density at radius 2 is 2.25 bits per heavy atom. The molecule has 0 bridgehead atoms. The van der Waals surface area contributed by atoms with Crippen LogP contribution in [0.3, 0.4) is 0 Å². The van der Waals surface area contributed by atoms with Crippen molar-refractivity contribution in [1.82, 2.24) is 19.7 Å². The Labute approximate surface area is 118 Å². The molecule has 2 aromatic rings. The minimum atomic E-state index is -0.509. The summed E-state index contributed by atoms with van der Waals surface area (Å²) < 4.78 is 1.42. The monoisotopic (exact) mass is 293 g/mol. The first-order valence-corrected chi connectivity index (χ1v) is 6.49. The predicted octanol–water partition coefficient (Wildman–Crippen LogP) is 1.88. The second-order valence-electron chi connectivity index (χ2n) is 3.98. The Balaban J connectivity index is 2.23. The predicted molar refractivity (Wildman–Crippen MR) is 70.4 cm³/mol. The van der Waals surface area contributed by atoms with Gasteiger partial charge in [-0.25, -0.2) is 14.6 Å². The average Bonchev–Trinajstić information content (AvgIpc) is 2.86. The third kappa shape index (κ3) is 2.99. The van der Waals surface area contributed by atoms with E-state index in [1.54, 1.807) is 6.92 Å². The molecule has 0 aliphatic carbocycles. The molecule has 0 saturated heterocycles. The Kier molecular flexibility index (Phi) is 4.08. The smallest absolute Gasteiger partial charge is 0.298 e. The molecule has 0 aliphatic rings. The number of hydrogen-bond acceptors (Lipinski definition) is 7. The summed E-state index contributed by atoms with van der Waals surface area (Å²) >= 11 is 0.985. The van der Waals surface area contributed by atoms with Crippen LogP contribution in [0, 0.1) is 10.1 Å². The van der Waals surface area contributed by atoms with Gasteiger partial charge in [-0.1, -0.05) is 0 Å². The SMILES string of the molecule is CC(=O)[C@H](C)n1cnc(Sc2ncccc2[N+](=O)[O-])n1. The maximum atomic E-state index is 11.3. The van der Waals surface area contributed by atoms with Crippen LogP contribution in [0.15, 0.2) is 34.8 Å². The van der Waals surface area contributed by atoms with Crippen LogP contribution in [0.4, 0.5) is 5.69 Å². The van der Waals surface area contributed by atoms with E-state index in [1.165, 1.54) is 36.3 Å². The number of pyridine rings is 1. The number of rotatable bonds is 5. The Hall–Kier alpha value is -2.29. The molecule has 0 radical (unpaired) electrons. The number of Topliss-reactive ketones (excluding diaryl/α,β-unsaturated/α-hetero) is 1. The standard InChI is InChI=1S/C11H11N5O3S/c1-7(8(2)17)15-6-13-11(14-15)20-10-9(16(18)19)4-3-5-12-10/h3-7H,1-2H3/t7-/m0/s1. The third-order valence-electron chi connectivity index (χ3n) is 2.61. The summed E-state index contributed by atoms with van der Waals surface area (Å²) in [5.41, 5.74) is -0.103. The van der Waals surface area contributed by atoms with Gasteiger partial charge in [0.15, 0.2) is 10.8 Å². The lowest BCUT2D eigenvalue weighted by Crippen LogP contribution is -2.13. The van der Waals surface area contributed by atoms with E-state index in [1.807, 2.05) is 0 Å². The summed E-state index contributed by atoms with van der Waals surface area (Å²) in [7, 11) is 0. The van der Waals surface area contributed by atoms with Crippen molar-refractivity contribution in [1.29, 1.82) is 0 Å². The number of aromatic nitrogens is 4. The highest BCUT2D eigenvalue weighted by Gasteiger charge is 2.18. The van der Waals surface area contributed by atoms with E-state index in [4.69, 9.17) is 0 Å². The Morgan fingerprint density at radius 3 is 2.90 bits per heavy atom. The minimum absolute atomic E-state index is 0.0460. The zero-order valence-corrected chi connectivity index (χ0v) is 11.6. The number of ketones is 1. The fourth-order valence-electron chi connectivity index (χ4n) is 1.36. The quantitative estimate of drug-likeness (QED) is 0.612. The van der Waals surface area contributed by atoms with Crippen molar-refractivity contribution in [3.05, 3.63) is 34.8 Å². The van der Waals surface area contributed by atoms with Gasteiger partial charge >= 0.3 is 5.69 Å². The number of hydrogen-bond donors (Lipinski definition) is 0. The summed E-state index contributed by atoms with van der Waals surface area (Å²) in [6.07, 6.45) is 2.88. The third-order valence-corrected chi connectivity index (χ3v) is 3.49. The van der Waals surface area contributed by atoms with Crippen molar-refractivity contribution < 1.29 is 9.72 Å². The first-order chi connectivity index (χ1) is 9.49. The van der Waals surface area contributed by atoms with Gasteiger partial charge in [0, 0.05) is 12.3 Å². The van der Waals surface area contributed by atoms with Crippen molar-refractivity contribution in [2.45, 2.75) is 30.1 Å². The highest BCUT2D eigenvalue weighted by atomic mass is 32.2. The summed E-state index contributed by atoms with van der Waals surface area (Å²) in [6.45, 7) is 3.16. The summed E-state index contributed by atoms with van der Waals surface area (Å²) in [6, 6.07) is 2.44. The molecule has 104 valence electrons. The largest absolute Gasteiger partial charge is 0.301 e. The van der Waals surface area contributed by atoms with Gasteiger partial charge in [-0.3, -0.25) is 14.9 Å². The van der Waals surface area contributed by atoms with Crippen molar-refractivity contribution in [3.63, 3.8) is 0 Å². The van der Waals surface area contributed by atoms with E-state index < -0.39 is 11.0 Å². The molecule has 2 heterocycles. The normalized spacial score (nSPS) is 12.1. The summed E-state index contributed by atoms with van der Waals surface area (Å²) in [5, 5.41) is 15.5. The van der Waals surface area contributed by atoms with Crippen LogP contribution in [-0.2, 0) is 4.79 Å². The second-order valence-corrected chi connectivity index (χ2v) is 4.94. The van der Waals surface area contributed by atoms with Crippen LogP contribution in [-0.4, -0.2) is 30.5 Å². The number of nitro groups is 1. The van der Waals surface area contributed by atoms with E-state index in [0.717, 1.165) is 11.8 Å². The summed E-state index contributed by atoms with van der Waals surface area (Å²) in [5.74, 6) is -0.0460. The second kappa shape index (κ2) is 5.78. The number of nitrogens with zero attached hydrogens (tertiary/aromatic N) is 5. The van der Waals surface area contributed by atoms with Crippen LogP contribution in [0.1, 0.15) is 19.9 Å². The lowest BCUT2D eigenvalue weighted by molar-refractivity contribution is -0.388. The Morgan fingerprint density at radius 1 is 1.50 bits per heavy atom. The molecule has 0 fully saturated rings. The molecule has 9 heteroatoms. The van der Waals surface area contributed by atoms with Gasteiger partial charge in [0.05, 0.1) is 4.92 Å². The molecule has 0 saturated carbocycles. The van der Waals surface area contributed by atoms with E-state index in [9.17, 15) is 14.9 Å². The van der Waals surface area contributed by atoms with E-state index in [-0.39, 0.29) is 16.5 Å². The highest BCUT2D eigenvalue weighted by Crippen LogP contribution is 2.30. The molecule has 0 spiro atoms. The maximum absolute atomic E-state index is 11.3. The van der Waals surface area contributed by atoms with Crippen LogP contribution in [0.25, 0.3) is 0 Å². The van der Waals surface area contributed by atoms with Crippen LogP contribution >= 0.6 is 11.8 Å². The first-order valence-electron chi connectivity index (χ1n) is 5.68. The van der Waals surface area contributed by atoms with Gasteiger partial charge in [0.25, 0.3) is 0 Å². The average molecular weight is 293 g/mol. The van der Waals surface area contributed by atoms with Crippen molar-refractivity contribution in [2.75, 3.05) is 0 Å². The minimum Gasteiger partial charge on any atom is -0.298 e. The van der Waals surface area contributed by atoms with E-state index in [0.29, 0.717) is 5.16 Å². The molecule has 2 aromatic heterocycles. The maximum Gasteiger partial charge on any atom is 0.301 e. The lowest BCUT2D eigenvalue weighted by atomic mass is 10.2. The summed E-state index contributed by atoms with van der Waals surface area (Å²) in [4.78, 5) is 29.6. The lowest BCUT2D eigenvalue weighted by Gasteiger charge is -2.05. The van der Waals surface area contributed by atoms with Crippen LogP contribution in [0.5, 0.6) is 0 Å². The molecular weight excluding hydrogens is 282 g/mol. The van der Waals surface area contributed by atoms with Gasteiger partial charge in [-0.2, -0.15) is 0 Å². The van der Waals surface area contributed by atoms with Crippen LogP contribution in [0.2, 0.25) is 0 Å². The topological polar surface area (TPSA) is 104 Å². The number of carbonyl (C=O) groups excluding carboxylic acids is 1. The molecule has 0 aromatic carbocycles. The van der Waals surface area contributed by atoms with Gasteiger partial charge in [0.1, 0.15) is 12.4 Å². The van der Waals surface area contributed by atoms with E-state index in [2.05, 4.69) is 15.1 Å². The molecular formula is C11H11N5O3S. The highest BCUT2D eigenvalue weighted by molar-refractivity contribution is 7.99. The zero-order valence-electron chi connectivity index (χ0n) is 10.8. The van der Waals surface area contributed by atoms with Gasteiger partial charge in [-0.05, 0) is 31.7 Å². The fourth-order valence-corrected chi connectivity index (χ4v) is 2.13. The van der Waals surface area contributed by atoms with Crippen molar-refractivity contribution in [3.8, 4) is 0 Å². The molecule has 0 unspecified atom stereocenters. The van der Waals surface area contributed by atoms with Gasteiger partial charge in [-0.15, -0.1) is 5.10 Å². The first kappa shape index (κ1) is 14.1. The van der Waals surface area contributed by atoms with Gasteiger partial charge < -0.3 is 0 Å². The molecule has 0 N–H and O–H groups in total. The van der Waals surface area contributed by atoms with E-state index >= 15 is 0 Å². The molecule has 0 aliphatic heterocycles. The fraction of sp³-hybridized carbons (Fsp3) is 0.273. The number of carbonyl (C=O) groups is 1. The molecule has 8 nitrogen and oxygen atoms in total.